The van der Waals surface area contributed by atoms with Crippen molar-refractivity contribution < 1.29 is 22.7 Å². The van der Waals surface area contributed by atoms with E-state index in [1.165, 1.54) is 12.1 Å². The molecule has 0 aliphatic carbocycles. The summed E-state index contributed by atoms with van der Waals surface area (Å²) in [6, 6.07) is 11.5. The molecule has 0 aliphatic rings. The van der Waals surface area contributed by atoms with Gasteiger partial charge in [0.15, 0.2) is 0 Å². The van der Waals surface area contributed by atoms with E-state index in [1.54, 1.807) is 12.1 Å². The number of halogens is 3. The summed E-state index contributed by atoms with van der Waals surface area (Å²) in [4.78, 5) is 12.2. The first kappa shape index (κ1) is 18.8. The maximum absolute atomic E-state index is 12.7. The number of aryl methyl sites for hydroxylation is 1. The molecule has 134 valence electrons. The summed E-state index contributed by atoms with van der Waals surface area (Å²) in [5, 5.41) is 2.83. The van der Waals surface area contributed by atoms with Gasteiger partial charge in [0.1, 0.15) is 12.4 Å². The molecule has 2 aromatic carbocycles. The predicted molar refractivity (Wildman–Crippen MR) is 89.7 cm³/mol. The standard InChI is InChI=1S/C19H20F3NO2/c1-3-16(23-18(24)14-9-7-13(2)8-10-14)12-25-17-6-4-5-15(11-17)19(20,21)22/h4-11,16H,3,12H2,1-2H3,(H,23,24). The molecule has 0 aromatic heterocycles. The molecule has 0 spiro atoms. The lowest BCUT2D eigenvalue weighted by Crippen LogP contribution is -2.38. The predicted octanol–water partition coefficient (Wildman–Crippen LogP) is 4.60. The first-order chi connectivity index (χ1) is 11.8. The van der Waals surface area contributed by atoms with Crippen molar-refractivity contribution in [1.29, 1.82) is 0 Å². The molecule has 6 heteroatoms. The zero-order chi connectivity index (χ0) is 18.4. The Morgan fingerprint density at radius 3 is 2.44 bits per heavy atom. The third-order valence-electron chi connectivity index (χ3n) is 3.75. The van der Waals surface area contributed by atoms with Crippen LogP contribution in [0.15, 0.2) is 48.5 Å². The highest BCUT2D eigenvalue weighted by Gasteiger charge is 2.30. The topological polar surface area (TPSA) is 38.3 Å². The van der Waals surface area contributed by atoms with Crippen molar-refractivity contribution in [2.24, 2.45) is 0 Å². The van der Waals surface area contributed by atoms with Crippen LogP contribution in [0, 0.1) is 6.92 Å². The van der Waals surface area contributed by atoms with Crippen LogP contribution in [-0.4, -0.2) is 18.6 Å². The summed E-state index contributed by atoms with van der Waals surface area (Å²) in [6.45, 7) is 3.89. The Kier molecular flexibility index (Phi) is 6.07. The molecule has 0 saturated carbocycles. The number of amides is 1. The van der Waals surface area contributed by atoms with Crippen molar-refractivity contribution in [2.75, 3.05) is 6.61 Å². The van der Waals surface area contributed by atoms with Gasteiger partial charge in [0.2, 0.25) is 0 Å². The Morgan fingerprint density at radius 2 is 1.84 bits per heavy atom. The number of rotatable bonds is 6. The molecule has 0 fully saturated rings. The fourth-order valence-electron chi connectivity index (χ4n) is 2.19. The second kappa shape index (κ2) is 8.05. The van der Waals surface area contributed by atoms with Crippen LogP contribution in [0.25, 0.3) is 0 Å². The van der Waals surface area contributed by atoms with E-state index in [4.69, 9.17) is 4.74 Å². The van der Waals surface area contributed by atoms with Gasteiger partial charge in [-0.2, -0.15) is 13.2 Å². The van der Waals surface area contributed by atoms with Gasteiger partial charge >= 0.3 is 6.18 Å². The summed E-state index contributed by atoms with van der Waals surface area (Å²) >= 11 is 0. The van der Waals surface area contributed by atoms with Crippen molar-refractivity contribution in [2.45, 2.75) is 32.5 Å². The minimum absolute atomic E-state index is 0.0927. The van der Waals surface area contributed by atoms with Crippen molar-refractivity contribution in [3.8, 4) is 5.75 Å². The van der Waals surface area contributed by atoms with Crippen LogP contribution < -0.4 is 10.1 Å². The largest absolute Gasteiger partial charge is 0.491 e. The van der Waals surface area contributed by atoms with Gasteiger partial charge in [0, 0.05) is 5.56 Å². The number of hydrogen-bond acceptors (Lipinski definition) is 2. The Bertz CT molecular complexity index is 711. The molecule has 25 heavy (non-hydrogen) atoms. The van der Waals surface area contributed by atoms with Crippen LogP contribution >= 0.6 is 0 Å². The van der Waals surface area contributed by atoms with E-state index in [0.717, 1.165) is 17.7 Å². The summed E-state index contributed by atoms with van der Waals surface area (Å²) < 4.78 is 43.6. The van der Waals surface area contributed by atoms with Crippen molar-refractivity contribution in [3.05, 3.63) is 65.2 Å². The Balaban J connectivity index is 1.96. The Morgan fingerprint density at radius 1 is 1.16 bits per heavy atom. The maximum atomic E-state index is 12.7. The highest BCUT2D eigenvalue weighted by Crippen LogP contribution is 2.31. The Labute approximate surface area is 144 Å². The minimum Gasteiger partial charge on any atom is -0.491 e. The molecule has 0 aliphatic heterocycles. The highest BCUT2D eigenvalue weighted by molar-refractivity contribution is 5.94. The number of carbonyl (C=O) groups excluding carboxylic acids is 1. The highest BCUT2D eigenvalue weighted by atomic mass is 19.4. The van der Waals surface area contributed by atoms with Gasteiger partial charge in [-0.15, -0.1) is 0 Å². The third-order valence-corrected chi connectivity index (χ3v) is 3.75. The second-order valence-corrected chi connectivity index (χ2v) is 5.78. The molecule has 0 bridgehead atoms. The lowest BCUT2D eigenvalue weighted by atomic mass is 10.1. The van der Waals surface area contributed by atoms with E-state index in [9.17, 15) is 18.0 Å². The van der Waals surface area contributed by atoms with Crippen molar-refractivity contribution in [1.82, 2.24) is 5.32 Å². The van der Waals surface area contributed by atoms with Gasteiger partial charge in [-0.3, -0.25) is 4.79 Å². The normalized spacial score (nSPS) is 12.5. The summed E-state index contributed by atoms with van der Waals surface area (Å²) in [7, 11) is 0. The molecule has 1 unspecified atom stereocenters. The van der Waals surface area contributed by atoms with E-state index in [2.05, 4.69) is 5.32 Å². The smallest absolute Gasteiger partial charge is 0.416 e. The average Bonchev–Trinajstić information content (AvgIpc) is 2.58. The fourth-order valence-corrected chi connectivity index (χ4v) is 2.19. The summed E-state index contributed by atoms with van der Waals surface area (Å²) in [5.41, 5.74) is 0.821. The summed E-state index contributed by atoms with van der Waals surface area (Å²) in [5.74, 6) is -0.114. The fraction of sp³-hybridized carbons (Fsp3) is 0.316. The van der Waals surface area contributed by atoms with E-state index < -0.39 is 11.7 Å². The van der Waals surface area contributed by atoms with E-state index in [0.29, 0.717) is 12.0 Å². The minimum atomic E-state index is -4.41. The molecule has 0 saturated heterocycles. The quantitative estimate of drug-likeness (QED) is 0.826. The van der Waals surface area contributed by atoms with Gasteiger partial charge < -0.3 is 10.1 Å². The van der Waals surface area contributed by atoms with Gasteiger partial charge in [-0.05, 0) is 43.7 Å². The van der Waals surface area contributed by atoms with Crippen LogP contribution in [0.3, 0.4) is 0 Å². The lowest BCUT2D eigenvalue weighted by Gasteiger charge is -2.18. The number of ether oxygens (including phenoxy) is 1. The van der Waals surface area contributed by atoms with E-state index in [-0.39, 0.29) is 24.3 Å². The molecule has 1 atom stereocenters. The zero-order valence-electron chi connectivity index (χ0n) is 14.1. The van der Waals surface area contributed by atoms with Crippen LogP contribution in [-0.2, 0) is 6.18 Å². The monoisotopic (exact) mass is 351 g/mol. The first-order valence-electron chi connectivity index (χ1n) is 7.97. The number of benzene rings is 2. The average molecular weight is 351 g/mol. The second-order valence-electron chi connectivity index (χ2n) is 5.78. The molecular weight excluding hydrogens is 331 g/mol. The first-order valence-corrected chi connectivity index (χ1v) is 7.97. The zero-order valence-corrected chi connectivity index (χ0v) is 14.1. The van der Waals surface area contributed by atoms with Crippen molar-refractivity contribution >= 4 is 5.91 Å². The molecular formula is C19H20F3NO2. The van der Waals surface area contributed by atoms with Crippen molar-refractivity contribution in [3.63, 3.8) is 0 Å². The van der Waals surface area contributed by atoms with Gasteiger partial charge in [-0.25, -0.2) is 0 Å². The van der Waals surface area contributed by atoms with Crippen LogP contribution in [0.2, 0.25) is 0 Å². The molecule has 0 heterocycles. The van der Waals surface area contributed by atoms with Gasteiger partial charge in [-0.1, -0.05) is 30.7 Å². The maximum Gasteiger partial charge on any atom is 0.416 e. The number of hydrogen-bond donors (Lipinski definition) is 1. The molecule has 3 nitrogen and oxygen atoms in total. The van der Waals surface area contributed by atoms with E-state index >= 15 is 0 Å². The number of carbonyl (C=O) groups is 1. The van der Waals surface area contributed by atoms with E-state index in [1.807, 2.05) is 26.0 Å². The number of alkyl halides is 3. The molecule has 0 radical (unpaired) electrons. The van der Waals surface area contributed by atoms with Crippen LogP contribution in [0.5, 0.6) is 5.75 Å². The number of nitrogens with one attached hydrogen (secondary N) is 1. The third kappa shape index (κ3) is 5.52. The molecule has 1 amide bonds. The van der Waals surface area contributed by atoms with Gasteiger partial charge in [0.05, 0.1) is 11.6 Å². The molecule has 2 aromatic rings. The SMILES string of the molecule is CCC(COc1cccc(C(F)(F)F)c1)NC(=O)c1ccc(C)cc1. The lowest BCUT2D eigenvalue weighted by molar-refractivity contribution is -0.137. The summed E-state index contributed by atoms with van der Waals surface area (Å²) in [6.07, 6.45) is -3.82. The van der Waals surface area contributed by atoms with Gasteiger partial charge in [0.25, 0.3) is 5.91 Å². The van der Waals surface area contributed by atoms with Crippen LogP contribution in [0.1, 0.15) is 34.8 Å². The Hall–Kier alpha value is -2.50. The molecule has 1 N–H and O–H groups in total. The molecule has 2 rings (SSSR count). The van der Waals surface area contributed by atoms with Crippen LogP contribution in [0.4, 0.5) is 13.2 Å².